The van der Waals surface area contributed by atoms with Crippen molar-refractivity contribution in [2.75, 3.05) is 5.73 Å². The molecular weight excluding hydrogens is 255 g/mol. The summed E-state index contributed by atoms with van der Waals surface area (Å²) in [5.41, 5.74) is 7.60. The summed E-state index contributed by atoms with van der Waals surface area (Å²) >= 11 is 2.12. The second-order valence-electron chi connectivity index (χ2n) is 2.23. The first-order chi connectivity index (χ1) is 5.15. The Labute approximate surface area is 78.1 Å². The van der Waals surface area contributed by atoms with Crippen LogP contribution in [0.4, 0.5) is 11.4 Å². The second-order valence-corrected chi connectivity index (χ2v) is 3.40. The van der Waals surface area contributed by atoms with Gasteiger partial charge in [-0.05, 0) is 52.4 Å². The molecule has 1 aromatic rings. The molecule has 0 aliphatic carbocycles. The van der Waals surface area contributed by atoms with Gasteiger partial charge in [-0.1, -0.05) is 0 Å². The average Bonchev–Trinajstić information content (AvgIpc) is 1.99. The summed E-state index contributed by atoms with van der Waals surface area (Å²) < 4.78 is 0.970. The molecule has 0 saturated carbocycles. The number of anilines is 1. The van der Waals surface area contributed by atoms with Crippen molar-refractivity contribution in [2.24, 2.45) is 5.18 Å². The van der Waals surface area contributed by atoms with Crippen LogP contribution >= 0.6 is 22.6 Å². The molecular formula is C7H7IN2O. The van der Waals surface area contributed by atoms with Gasteiger partial charge in [-0.3, -0.25) is 0 Å². The molecule has 2 N–H and O–H groups in total. The zero-order valence-corrected chi connectivity index (χ0v) is 8.12. The van der Waals surface area contributed by atoms with Crippen molar-refractivity contribution in [2.45, 2.75) is 6.92 Å². The van der Waals surface area contributed by atoms with Gasteiger partial charge in [0.25, 0.3) is 0 Å². The topological polar surface area (TPSA) is 55.4 Å². The Morgan fingerprint density at radius 1 is 1.55 bits per heavy atom. The Hall–Kier alpha value is -0.650. The molecule has 0 atom stereocenters. The summed E-state index contributed by atoms with van der Waals surface area (Å²) in [6, 6.07) is 3.28. The molecule has 0 saturated heterocycles. The average molecular weight is 262 g/mol. The van der Waals surface area contributed by atoms with E-state index in [4.69, 9.17) is 5.73 Å². The van der Waals surface area contributed by atoms with Crippen LogP contribution in [0.15, 0.2) is 17.3 Å². The van der Waals surface area contributed by atoms with E-state index in [1.165, 1.54) is 0 Å². The van der Waals surface area contributed by atoms with E-state index in [-0.39, 0.29) is 0 Å². The third kappa shape index (κ3) is 1.68. The Kier molecular flexibility index (Phi) is 2.43. The first-order valence-electron chi connectivity index (χ1n) is 3.04. The number of nitrogens with zero attached hydrogens (tertiary/aromatic N) is 1. The second kappa shape index (κ2) is 3.17. The molecule has 0 unspecified atom stereocenters. The van der Waals surface area contributed by atoms with Crippen molar-refractivity contribution in [1.29, 1.82) is 0 Å². The van der Waals surface area contributed by atoms with Crippen LogP contribution in [0.25, 0.3) is 0 Å². The van der Waals surface area contributed by atoms with Crippen molar-refractivity contribution >= 4 is 34.0 Å². The van der Waals surface area contributed by atoms with Gasteiger partial charge in [0.1, 0.15) is 5.69 Å². The lowest BCUT2D eigenvalue weighted by molar-refractivity contribution is 1.39. The highest BCUT2D eigenvalue weighted by Gasteiger charge is 2.01. The minimum Gasteiger partial charge on any atom is -0.398 e. The Morgan fingerprint density at radius 3 is 2.64 bits per heavy atom. The molecule has 11 heavy (non-hydrogen) atoms. The maximum atomic E-state index is 10.1. The first kappa shape index (κ1) is 8.45. The maximum absolute atomic E-state index is 10.1. The number of nitroso groups, excluding NO2 is 1. The predicted octanol–water partition coefficient (Wildman–Crippen LogP) is 2.58. The monoisotopic (exact) mass is 262 g/mol. The molecule has 4 heteroatoms. The van der Waals surface area contributed by atoms with Crippen LogP contribution in [-0.4, -0.2) is 0 Å². The number of halogens is 1. The Morgan fingerprint density at radius 2 is 2.18 bits per heavy atom. The van der Waals surface area contributed by atoms with E-state index in [2.05, 4.69) is 27.8 Å². The van der Waals surface area contributed by atoms with Gasteiger partial charge in [-0.15, -0.1) is 4.91 Å². The third-order valence-electron chi connectivity index (χ3n) is 1.47. The van der Waals surface area contributed by atoms with E-state index in [1.807, 2.05) is 6.92 Å². The molecule has 0 radical (unpaired) electrons. The van der Waals surface area contributed by atoms with E-state index < -0.39 is 0 Å². The molecule has 0 spiro atoms. The van der Waals surface area contributed by atoms with Gasteiger partial charge in [0.15, 0.2) is 0 Å². The third-order valence-corrected chi connectivity index (χ3v) is 2.60. The molecule has 1 aromatic carbocycles. The SMILES string of the molecule is Cc1c(N)cc(N=O)cc1I. The van der Waals surface area contributed by atoms with Gasteiger partial charge in [0.2, 0.25) is 0 Å². The molecule has 1 rings (SSSR count). The van der Waals surface area contributed by atoms with Gasteiger partial charge in [-0.25, -0.2) is 0 Å². The van der Waals surface area contributed by atoms with Crippen molar-refractivity contribution < 1.29 is 0 Å². The van der Waals surface area contributed by atoms with Crippen LogP contribution < -0.4 is 5.73 Å². The minimum absolute atomic E-state index is 0.387. The molecule has 0 aliphatic rings. The van der Waals surface area contributed by atoms with Gasteiger partial charge in [0.05, 0.1) is 0 Å². The van der Waals surface area contributed by atoms with Crippen LogP contribution in [0, 0.1) is 15.4 Å². The van der Waals surface area contributed by atoms with E-state index in [0.717, 1.165) is 9.13 Å². The van der Waals surface area contributed by atoms with Crippen LogP contribution in [0.2, 0.25) is 0 Å². The molecule has 0 aliphatic heterocycles. The summed E-state index contributed by atoms with van der Waals surface area (Å²) in [4.78, 5) is 10.1. The molecule has 0 bridgehead atoms. The standard InChI is InChI=1S/C7H7IN2O/c1-4-6(8)2-5(10-11)3-7(4)9/h2-3H,9H2,1H3. The first-order valence-corrected chi connectivity index (χ1v) is 4.12. The lowest BCUT2D eigenvalue weighted by Crippen LogP contribution is -1.91. The summed E-state index contributed by atoms with van der Waals surface area (Å²) in [7, 11) is 0. The minimum atomic E-state index is 0.387. The summed E-state index contributed by atoms with van der Waals surface area (Å²) in [5, 5.41) is 2.80. The zero-order valence-electron chi connectivity index (χ0n) is 5.97. The van der Waals surface area contributed by atoms with E-state index in [1.54, 1.807) is 12.1 Å². The van der Waals surface area contributed by atoms with Crippen LogP contribution in [0.5, 0.6) is 0 Å². The zero-order chi connectivity index (χ0) is 8.43. The lowest BCUT2D eigenvalue weighted by Gasteiger charge is -2.01. The summed E-state index contributed by atoms with van der Waals surface area (Å²) in [6.07, 6.45) is 0. The van der Waals surface area contributed by atoms with Gasteiger partial charge in [0, 0.05) is 9.26 Å². The molecule has 3 nitrogen and oxygen atoms in total. The van der Waals surface area contributed by atoms with Crippen LogP contribution in [0.3, 0.4) is 0 Å². The normalized spacial score (nSPS) is 9.64. The molecule has 0 heterocycles. The molecule has 0 aromatic heterocycles. The van der Waals surface area contributed by atoms with Gasteiger partial charge >= 0.3 is 0 Å². The van der Waals surface area contributed by atoms with Crippen molar-refractivity contribution in [3.8, 4) is 0 Å². The number of nitrogen functional groups attached to an aromatic ring is 1. The summed E-state index contributed by atoms with van der Waals surface area (Å²) in [6.45, 7) is 1.91. The number of rotatable bonds is 1. The van der Waals surface area contributed by atoms with E-state index in [9.17, 15) is 4.91 Å². The highest BCUT2D eigenvalue weighted by Crippen LogP contribution is 2.24. The fraction of sp³-hybridized carbons (Fsp3) is 0.143. The fourth-order valence-electron chi connectivity index (χ4n) is 0.738. The molecule has 0 fully saturated rings. The summed E-state index contributed by atoms with van der Waals surface area (Å²) in [5.74, 6) is 0. The largest absolute Gasteiger partial charge is 0.398 e. The van der Waals surface area contributed by atoms with E-state index >= 15 is 0 Å². The lowest BCUT2D eigenvalue weighted by atomic mass is 10.2. The Bertz CT molecular complexity index is 275. The van der Waals surface area contributed by atoms with Crippen molar-refractivity contribution in [1.82, 2.24) is 0 Å². The highest BCUT2D eigenvalue weighted by molar-refractivity contribution is 14.1. The smallest absolute Gasteiger partial charge is 0.111 e. The van der Waals surface area contributed by atoms with Crippen LogP contribution in [0.1, 0.15) is 5.56 Å². The molecule has 58 valence electrons. The number of nitrogens with two attached hydrogens (primary N) is 1. The highest BCUT2D eigenvalue weighted by atomic mass is 127. The van der Waals surface area contributed by atoms with Crippen LogP contribution in [-0.2, 0) is 0 Å². The van der Waals surface area contributed by atoms with E-state index in [0.29, 0.717) is 11.4 Å². The predicted molar refractivity (Wildman–Crippen MR) is 53.8 cm³/mol. The number of benzene rings is 1. The Balaban J connectivity index is 3.31. The fourth-order valence-corrected chi connectivity index (χ4v) is 1.37. The van der Waals surface area contributed by atoms with Crippen molar-refractivity contribution in [3.63, 3.8) is 0 Å². The van der Waals surface area contributed by atoms with Crippen molar-refractivity contribution in [3.05, 3.63) is 26.2 Å². The number of hydrogen-bond donors (Lipinski definition) is 1. The quantitative estimate of drug-likeness (QED) is 0.480. The number of hydrogen-bond acceptors (Lipinski definition) is 3. The van der Waals surface area contributed by atoms with Gasteiger partial charge in [-0.2, -0.15) is 0 Å². The maximum Gasteiger partial charge on any atom is 0.111 e. The molecule has 0 amide bonds. The van der Waals surface area contributed by atoms with Gasteiger partial charge < -0.3 is 5.73 Å².